The van der Waals surface area contributed by atoms with Crippen LogP contribution in [0.3, 0.4) is 0 Å². The van der Waals surface area contributed by atoms with Gasteiger partial charge in [0.25, 0.3) is 0 Å². The Labute approximate surface area is 197 Å². The number of carbonyl (C=O) groups is 2. The molecule has 162 valence electrons. The zero-order chi connectivity index (χ0) is 22.7. The summed E-state index contributed by atoms with van der Waals surface area (Å²) in [6, 6.07) is 5.71. The molecule has 1 atom stereocenters. The molecule has 0 fully saturated rings. The summed E-state index contributed by atoms with van der Waals surface area (Å²) in [7, 11) is 0. The van der Waals surface area contributed by atoms with Gasteiger partial charge >= 0.3 is 0 Å². The maximum atomic E-state index is 13.0. The lowest BCUT2D eigenvalue weighted by Crippen LogP contribution is -2.33. The monoisotopic (exact) mass is 473 g/mol. The molecule has 2 aromatic rings. The van der Waals surface area contributed by atoms with Crippen LogP contribution in [0.1, 0.15) is 72.2 Å². The van der Waals surface area contributed by atoms with E-state index in [9.17, 15) is 9.59 Å². The average Bonchev–Trinajstić information content (AvgIpc) is 3.33. The molecule has 1 aromatic heterocycles. The molecular formula is C25H25Cl2NO2S. The first-order valence-corrected chi connectivity index (χ1v) is 12.1. The molecule has 2 aliphatic rings. The zero-order valence-electron chi connectivity index (χ0n) is 18.3. The average molecular weight is 474 g/mol. The van der Waals surface area contributed by atoms with Crippen molar-refractivity contribution in [2.45, 2.75) is 58.9 Å². The third kappa shape index (κ3) is 3.31. The van der Waals surface area contributed by atoms with E-state index in [-0.39, 0.29) is 43.7 Å². The minimum Gasteiger partial charge on any atom is -0.333 e. The van der Waals surface area contributed by atoms with Crippen molar-refractivity contribution in [3.8, 4) is 0 Å². The van der Waals surface area contributed by atoms with Gasteiger partial charge in [0.2, 0.25) is 0 Å². The van der Waals surface area contributed by atoms with E-state index in [1.807, 2.05) is 17.4 Å². The summed E-state index contributed by atoms with van der Waals surface area (Å²) in [6.07, 6.45) is 5.58. The Hall–Kier alpha value is -1.88. The van der Waals surface area contributed by atoms with Gasteiger partial charge in [-0.05, 0) is 55.7 Å². The number of ketones is 2. The first-order chi connectivity index (χ1) is 14.6. The maximum Gasteiger partial charge on any atom is 0.199 e. The van der Waals surface area contributed by atoms with Gasteiger partial charge in [-0.15, -0.1) is 11.3 Å². The van der Waals surface area contributed by atoms with Gasteiger partial charge in [-0.2, -0.15) is 0 Å². The molecule has 1 aliphatic carbocycles. The fraction of sp³-hybridized carbons (Fsp3) is 0.360. The zero-order valence-corrected chi connectivity index (χ0v) is 20.6. The second-order valence-electron chi connectivity index (χ2n) is 8.61. The first kappa shape index (κ1) is 22.3. The third-order valence-electron chi connectivity index (χ3n) is 6.39. The number of fused-ring (bicyclic) bond motifs is 2. The number of hydrogen-bond acceptors (Lipinski definition) is 4. The fourth-order valence-electron chi connectivity index (χ4n) is 4.37. The lowest BCUT2D eigenvalue weighted by Gasteiger charge is -2.31. The van der Waals surface area contributed by atoms with Crippen LogP contribution in [0.15, 0.2) is 41.6 Å². The van der Waals surface area contributed by atoms with Gasteiger partial charge in [-0.1, -0.05) is 50.9 Å². The number of thiophene rings is 1. The molecule has 0 saturated heterocycles. The van der Waals surface area contributed by atoms with E-state index in [1.54, 1.807) is 18.2 Å². The van der Waals surface area contributed by atoms with Gasteiger partial charge in [0.1, 0.15) is 0 Å². The van der Waals surface area contributed by atoms with Gasteiger partial charge in [-0.3, -0.25) is 9.59 Å². The topological polar surface area (TPSA) is 37.4 Å². The fourth-order valence-corrected chi connectivity index (χ4v) is 6.23. The Bertz CT molecular complexity index is 1130. The quantitative estimate of drug-likeness (QED) is 0.342. The molecule has 2 heterocycles. The van der Waals surface area contributed by atoms with Crippen LogP contribution in [0.2, 0.25) is 10.0 Å². The summed E-state index contributed by atoms with van der Waals surface area (Å²) < 4.78 is 0. The van der Waals surface area contributed by atoms with Crippen molar-refractivity contribution in [1.29, 1.82) is 0 Å². The highest BCUT2D eigenvalue weighted by molar-refractivity contribution is 7.16. The van der Waals surface area contributed by atoms with Crippen LogP contribution < -0.4 is 4.90 Å². The lowest BCUT2D eigenvalue weighted by molar-refractivity contribution is 0.0989. The van der Waals surface area contributed by atoms with Gasteiger partial charge in [0.05, 0.1) is 31.7 Å². The van der Waals surface area contributed by atoms with Crippen molar-refractivity contribution in [1.82, 2.24) is 0 Å². The lowest BCUT2D eigenvalue weighted by atomic mass is 9.84. The number of nitrogens with zero attached hydrogens (tertiary/aromatic N) is 1. The number of rotatable bonds is 4. The molecule has 0 amide bonds. The van der Waals surface area contributed by atoms with E-state index in [0.29, 0.717) is 6.04 Å². The van der Waals surface area contributed by atoms with Crippen LogP contribution in [0, 0.1) is 0 Å². The maximum absolute atomic E-state index is 13.0. The number of carbonyl (C=O) groups excluding carboxylic acids is 2. The first-order valence-electron chi connectivity index (χ1n) is 10.6. The van der Waals surface area contributed by atoms with Crippen LogP contribution in [-0.4, -0.2) is 17.6 Å². The van der Waals surface area contributed by atoms with E-state index in [4.69, 9.17) is 23.2 Å². The molecule has 0 radical (unpaired) electrons. The number of allylic oxidation sites excluding steroid dienone is 4. The van der Waals surface area contributed by atoms with Crippen LogP contribution in [0.4, 0.5) is 5.00 Å². The molecule has 4 rings (SSSR count). The molecule has 0 saturated carbocycles. The smallest absolute Gasteiger partial charge is 0.199 e. The minimum absolute atomic E-state index is 0.113. The molecule has 0 bridgehead atoms. The van der Waals surface area contributed by atoms with Crippen LogP contribution in [0.25, 0.3) is 0 Å². The normalized spacial score (nSPS) is 19.3. The Balaban J connectivity index is 1.83. The number of halogens is 2. The number of Topliss-reactive ketones (excluding diaryl/α,β-unsaturated/α-hetero) is 2. The molecule has 1 unspecified atom stereocenters. The molecular weight excluding hydrogens is 449 g/mol. The molecule has 1 aromatic carbocycles. The van der Waals surface area contributed by atoms with E-state index in [0.717, 1.165) is 18.5 Å². The summed E-state index contributed by atoms with van der Waals surface area (Å²) in [5.41, 5.74) is 2.69. The summed E-state index contributed by atoms with van der Waals surface area (Å²) in [5, 5.41) is 1.77. The highest BCUT2D eigenvalue weighted by Crippen LogP contribution is 2.53. The van der Waals surface area contributed by atoms with Crippen LogP contribution in [-0.2, 0) is 11.8 Å². The van der Waals surface area contributed by atoms with E-state index >= 15 is 0 Å². The van der Waals surface area contributed by atoms with Crippen molar-refractivity contribution < 1.29 is 9.59 Å². The Kier molecular flexibility index (Phi) is 5.70. The summed E-state index contributed by atoms with van der Waals surface area (Å²) >= 11 is 14.3. The molecule has 1 aliphatic heterocycles. The van der Waals surface area contributed by atoms with E-state index in [1.165, 1.54) is 15.4 Å². The molecule has 3 nitrogen and oxygen atoms in total. The predicted octanol–water partition coefficient (Wildman–Crippen LogP) is 7.40. The summed E-state index contributed by atoms with van der Waals surface area (Å²) in [5.74, 6) is -0.725. The van der Waals surface area contributed by atoms with Crippen LogP contribution >= 0.6 is 34.5 Å². The number of hydrogen-bond donors (Lipinski definition) is 0. The number of aryl methyl sites for hydroxylation is 1. The highest BCUT2D eigenvalue weighted by Gasteiger charge is 2.43. The summed E-state index contributed by atoms with van der Waals surface area (Å²) in [4.78, 5) is 29.7. The van der Waals surface area contributed by atoms with Gasteiger partial charge in [0, 0.05) is 22.0 Å². The molecule has 0 spiro atoms. The Morgan fingerprint density at radius 1 is 1.06 bits per heavy atom. The molecule has 0 N–H and O–H groups in total. The van der Waals surface area contributed by atoms with Crippen LogP contribution in [0.5, 0.6) is 0 Å². The van der Waals surface area contributed by atoms with Crippen molar-refractivity contribution in [2.75, 3.05) is 4.90 Å². The number of anilines is 1. The van der Waals surface area contributed by atoms with Crippen molar-refractivity contribution in [3.63, 3.8) is 0 Å². The predicted molar refractivity (Wildman–Crippen MR) is 130 cm³/mol. The van der Waals surface area contributed by atoms with E-state index < -0.39 is 0 Å². The molecule has 6 heteroatoms. The van der Waals surface area contributed by atoms with Crippen molar-refractivity contribution >= 4 is 51.1 Å². The summed E-state index contributed by atoms with van der Waals surface area (Å²) in [6.45, 7) is 11.0. The second-order valence-corrected chi connectivity index (χ2v) is 10.5. The second kappa shape index (κ2) is 7.91. The molecule has 31 heavy (non-hydrogen) atoms. The Morgan fingerprint density at radius 2 is 1.65 bits per heavy atom. The Morgan fingerprint density at radius 3 is 2.16 bits per heavy atom. The minimum atomic E-state index is -0.363. The van der Waals surface area contributed by atoms with Crippen molar-refractivity contribution in [2.24, 2.45) is 0 Å². The number of benzene rings is 1. The standard InChI is InChI=1S/C25H25Cl2NO2S/c1-6-13(3)28-19(25(4,5)16-12-14(7-2)31-24(16)28)11-8-15-22(29)20-17(26)9-10-18(27)21(20)23(15)30/h8-13H,6-7H2,1-5H3/b19-11+. The van der Waals surface area contributed by atoms with Crippen molar-refractivity contribution in [3.05, 3.63) is 73.2 Å². The SMILES string of the molecule is CCc1cc2c(s1)N(C(C)CC)/C(=C/C=C1C(=O)c3c(Cl)ccc(Cl)c3C1=O)C2(C)C. The highest BCUT2D eigenvalue weighted by atomic mass is 35.5. The van der Waals surface area contributed by atoms with E-state index in [2.05, 4.69) is 45.6 Å². The van der Waals surface area contributed by atoms with Gasteiger partial charge in [0.15, 0.2) is 11.6 Å². The largest absolute Gasteiger partial charge is 0.333 e. The van der Waals surface area contributed by atoms with Gasteiger partial charge in [-0.25, -0.2) is 0 Å². The third-order valence-corrected chi connectivity index (χ3v) is 8.30. The van der Waals surface area contributed by atoms with Gasteiger partial charge < -0.3 is 4.90 Å².